The molecule has 0 saturated heterocycles. The molecular weight excluding hydrogens is 294 g/mol. The van der Waals surface area contributed by atoms with Crippen molar-refractivity contribution in [1.29, 1.82) is 5.26 Å². The van der Waals surface area contributed by atoms with Crippen molar-refractivity contribution in [2.24, 2.45) is 0 Å². The fourth-order valence-electron chi connectivity index (χ4n) is 0.972. The van der Waals surface area contributed by atoms with Gasteiger partial charge in [-0.1, -0.05) is 20.3 Å². The highest BCUT2D eigenvalue weighted by molar-refractivity contribution is 9.10. The molecule has 96 valence electrons. The van der Waals surface area contributed by atoms with Crippen LogP contribution in [0.1, 0.15) is 32.9 Å². The van der Waals surface area contributed by atoms with Crippen LogP contribution in [-0.4, -0.2) is 10.8 Å². The summed E-state index contributed by atoms with van der Waals surface area (Å²) in [6.45, 7) is 5.58. The Kier molecular flexibility index (Phi) is 7.64. The zero-order valence-electron chi connectivity index (χ0n) is 10.7. The minimum absolute atomic E-state index is 0.0556. The quantitative estimate of drug-likeness (QED) is 0.516. The molecule has 0 saturated carbocycles. The lowest BCUT2D eigenvalue weighted by Gasteiger charge is -1.98. The number of carbonyl (C=O) groups is 1. The van der Waals surface area contributed by atoms with Gasteiger partial charge in [0.1, 0.15) is 10.7 Å². The summed E-state index contributed by atoms with van der Waals surface area (Å²) in [6.07, 6.45) is 2.66. The lowest BCUT2D eigenvalue weighted by molar-refractivity contribution is -0.113. The molecule has 0 spiro atoms. The van der Waals surface area contributed by atoms with Crippen LogP contribution in [0.15, 0.2) is 22.3 Å². The molecule has 0 atom stereocenters. The van der Waals surface area contributed by atoms with E-state index in [1.54, 1.807) is 18.2 Å². The zero-order valence-corrected chi connectivity index (χ0v) is 12.3. The van der Waals surface area contributed by atoms with Crippen LogP contribution >= 0.6 is 15.9 Å². The molecule has 0 radical (unpaired) electrons. The molecule has 1 rings (SSSR count). The Morgan fingerprint density at radius 3 is 2.50 bits per heavy atom. The van der Waals surface area contributed by atoms with Crippen LogP contribution in [0.5, 0.6) is 0 Å². The number of anilines is 1. The second-order valence-corrected chi connectivity index (χ2v) is 4.39. The predicted octanol–water partition coefficient (Wildman–Crippen LogP) is 3.34. The maximum Gasteiger partial charge on any atom is 0.170 e. The first-order chi connectivity index (χ1) is 8.44. The first-order valence-corrected chi connectivity index (χ1v) is 6.29. The van der Waals surface area contributed by atoms with Gasteiger partial charge in [-0.3, -0.25) is 4.79 Å². The molecule has 1 heterocycles. The van der Waals surface area contributed by atoms with Gasteiger partial charge in [0.05, 0.1) is 11.3 Å². The first kappa shape index (κ1) is 16.3. The number of hydrogen-bond donors (Lipinski definition) is 1. The average molecular weight is 310 g/mol. The summed E-state index contributed by atoms with van der Waals surface area (Å²) in [5, 5.41) is 8.69. The molecule has 0 aromatic carbocycles. The largest absolute Gasteiger partial charge is 0.399 e. The Labute approximate surface area is 116 Å². The fraction of sp³-hybridized carbons (Fsp3) is 0.308. The van der Waals surface area contributed by atoms with Crippen molar-refractivity contribution >= 4 is 33.5 Å². The molecule has 0 fully saturated rings. The molecule has 0 bridgehead atoms. The highest BCUT2D eigenvalue weighted by atomic mass is 79.9. The maximum absolute atomic E-state index is 11.0. The molecule has 4 nitrogen and oxygen atoms in total. The van der Waals surface area contributed by atoms with Crippen molar-refractivity contribution in [3.05, 3.63) is 28.0 Å². The number of Topliss-reactive ketones (excluding diaryl/α,β-unsaturated/α-hetero) is 1. The fourth-order valence-corrected chi connectivity index (χ4v) is 1.44. The number of nitrogen functional groups attached to an aromatic ring is 1. The number of aromatic nitrogens is 1. The summed E-state index contributed by atoms with van der Waals surface area (Å²) >= 11 is 3.17. The predicted molar refractivity (Wildman–Crippen MR) is 76.6 cm³/mol. The Balaban J connectivity index is 0.000000873. The molecule has 18 heavy (non-hydrogen) atoms. The highest BCUT2D eigenvalue weighted by Gasteiger charge is 2.03. The Morgan fingerprint density at radius 2 is 2.11 bits per heavy atom. The smallest absolute Gasteiger partial charge is 0.170 e. The highest BCUT2D eigenvalue weighted by Crippen LogP contribution is 2.15. The summed E-state index contributed by atoms with van der Waals surface area (Å²) in [6, 6.07) is 5.03. The van der Waals surface area contributed by atoms with Gasteiger partial charge in [-0.25, -0.2) is 4.98 Å². The second kappa shape index (κ2) is 8.43. The summed E-state index contributed by atoms with van der Waals surface area (Å²) in [4.78, 5) is 15.0. The molecule has 0 aliphatic carbocycles. The number of nitrogens with zero attached hydrogens (tertiary/aromatic N) is 2. The van der Waals surface area contributed by atoms with E-state index >= 15 is 0 Å². The van der Waals surface area contributed by atoms with Crippen molar-refractivity contribution in [3.8, 4) is 6.07 Å². The Hall–Kier alpha value is -1.67. The van der Waals surface area contributed by atoms with E-state index in [1.807, 2.05) is 0 Å². The van der Waals surface area contributed by atoms with Gasteiger partial charge in [0.15, 0.2) is 5.78 Å². The molecule has 0 aliphatic rings. The molecule has 5 heteroatoms. The number of allylic oxidation sites excluding steroid dienone is 1. The monoisotopic (exact) mass is 309 g/mol. The van der Waals surface area contributed by atoms with Gasteiger partial charge in [0.25, 0.3) is 0 Å². The van der Waals surface area contributed by atoms with Gasteiger partial charge in [-0.15, -0.1) is 0 Å². The SMILES string of the molecule is CC(=O)/C(C#N)=C/c1cc(N)cc(Br)n1.CCC. The zero-order chi connectivity index (χ0) is 14.1. The third-order valence-electron chi connectivity index (χ3n) is 1.63. The van der Waals surface area contributed by atoms with E-state index in [9.17, 15) is 4.79 Å². The minimum Gasteiger partial charge on any atom is -0.399 e. The van der Waals surface area contributed by atoms with E-state index in [2.05, 4.69) is 34.8 Å². The number of hydrogen-bond acceptors (Lipinski definition) is 4. The third kappa shape index (κ3) is 6.16. The van der Waals surface area contributed by atoms with E-state index in [4.69, 9.17) is 11.0 Å². The van der Waals surface area contributed by atoms with E-state index < -0.39 is 0 Å². The maximum atomic E-state index is 11.0. The second-order valence-electron chi connectivity index (χ2n) is 3.58. The van der Waals surface area contributed by atoms with Gasteiger partial charge in [0.2, 0.25) is 0 Å². The lowest BCUT2D eigenvalue weighted by atomic mass is 10.1. The first-order valence-electron chi connectivity index (χ1n) is 5.50. The topological polar surface area (TPSA) is 79.8 Å². The van der Waals surface area contributed by atoms with Crippen LogP contribution in [-0.2, 0) is 4.79 Å². The standard InChI is InChI=1S/C10H8BrN3O.C3H8/c1-6(15)7(5-12)2-9-3-8(13)4-10(11)14-9;1-3-2/h2-4H,1H3,(H2,13,14);3H2,1-2H3/b7-2+;. The molecule has 1 aromatic heterocycles. The number of pyridine rings is 1. The van der Waals surface area contributed by atoms with Crippen molar-refractivity contribution in [3.63, 3.8) is 0 Å². The van der Waals surface area contributed by atoms with Gasteiger partial charge in [-0.05, 0) is 41.1 Å². The number of halogens is 1. The molecule has 1 aromatic rings. The number of nitrogens with two attached hydrogens (primary N) is 1. The molecular formula is C13H16BrN3O. The van der Waals surface area contributed by atoms with Crippen molar-refractivity contribution in [2.45, 2.75) is 27.2 Å². The Bertz CT molecular complexity index is 469. The molecule has 0 aliphatic heterocycles. The lowest BCUT2D eigenvalue weighted by Crippen LogP contribution is -1.95. The van der Waals surface area contributed by atoms with Crippen LogP contribution in [0.25, 0.3) is 6.08 Å². The van der Waals surface area contributed by atoms with Crippen LogP contribution in [0, 0.1) is 11.3 Å². The van der Waals surface area contributed by atoms with Crippen molar-refractivity contribution < 1.29 is 4.79 Å². The van der Waals surface area contributed by atoms with Gasteiger partial charge >= 0.3 is 0 Å². The van der Waals surface area contributed by atoms with E-state index in [1.165, 1.54) is 19.4 Å². The third-order valence-corrected chi connectivity index (χ3v) is 2.03. The molecule has 2 N–H and O–H groups in total. The summed E-state index contributed by atoms with van der Waals surface area (Å²) in [5.74, 6) is -0.294. The van der Waals surface area contributed by atoms with Gasteiger partial charge < -0.3 is 5.73 Å². The van der Waals surface area contributed by atoms with Gasteiger partial charge in [-0.2, -0.15) is 5.26 Å². The number of ketones is 1. The van der Waals surface area contributed by atoms with Crippen LogP contribution in [0.3, 0.4) is 0 Å². The van der Waals surface area contributed by atoms with Gasteiger partial charge in [0, 0.05) is 5.69 Å². The van der Waals surface area contributed by atoms with Crippen LogP contribution in [0.2, 0.25) is 0 Å². The number of nitriles is 1. The van der Waals surface area contributed by atoms with E-state index in [-0.39, 0.29) is 11.4 Å². The van der Waals surface area contributed by atoms with Crippen molar-refractivity contribution in [1.82, 2.24) is 4.98 Å². The summed E-state index contributed by atoms with van der Waals surface area (Å²) < 4.78 is 0.564. The summed E-state index contributed by atoms with van der Waals surface area (Å²) in [5.41, 5.74) is 6.64. The van der Waals surface area contributed by atoms with Crippen LogP contribution < -0.4 is 5.73 Å². The molecule has 0 amide bonds. The normalized spacial score (nSPS) is 10.1. The molecule has 0 unspecified atom stereocenters. The van der Waals surface area contributed by atoms with E-state index in [0.29, 0.717) is 16.0 Å². The summed E-state index contributed by atoms with van der Waals surface area (Å²) in [7, 11) is 0. The van der Waals surface area contributed by atoms with Crippen LogP contribution in [0.4, 0.5) is 5.69 Å². The number of carbonyl (C=O) groups excluding carboxylic acids is 1. The number of rotatable bonds is 2. The van der Waals surface area contributed by atoms with Crippen molar-refractivity contribution in [2.75, 3.05) is 5.73 Å². The minimum atomic E-state index is -0.294. The average Bonchev–Trinajstić information content (AvgIpc) is 2.25. The Morgan fingerprint density at radius 1 is 1.56 bits per heavy atom. The van der Waals surface area contributed by atoms with E-state index in [0.717, 1.165) is 0 Å².